The van der Waals surface area contributed by atoms with Gasteiger partial charge in [-0.1, -0.05) is 27.2 Å². The van der Waals surface area contributed by atoms with Crippen LogP contribution in [-0.4, -0.2) is 41.5 Å². The second kappa shape index (κ2) is 6.45. The Kier molecular flexibility index (Phi) is 5.42. The number of nitrogens with zero attached hydrogens (tertiary/aromatic N) is 1. The quantitative estimate of drug-likeness (QED) is 0.844. The summed E-state index contributed by atoms with van der Waals surface area (Å²) in [6.07, 6.45) is -3.38. The molecule has 1 saturated heterocycles. The van der Waals surface area contributed by atoms with E-state index in [0.717, 1.165) is 0 Å². The lowest BCUT2D eigenvalue weighted by molar-refractivity contribution is -0.174. The van der Waals surface area contributed by atoms with Crippen molar-refractivity contribution in [2.75, 3.05) is 6.54 Å². The van der Waals surface area contributed by atoms with Gasteiger partial charge in [0.2, 0.25) is 11.8 Å². The molecule has 2 atom stereocenters. The molecular formula is C13H21F3N2O2. The minimum atomic E-state index is -4.50. The Labute approximate surface area is 116 Å². The van der Waals surface area contributed by atoms with Crippen molar-refractivity contribution in [3.05, 3.63) is 0 Å². The van der Waals surface area contributed by atoms with Crippen LogP contribution in [0.2, 0.25) is 0 Å². The molecule has 0 bridgehead atoms. The maximum absolute atomic E-state index is 12.6. The van der Waals surface area contributed by atoms with Crippen LogP contribution in [0.1, 0.15) is 40.0 Å². The van der Waals surface area contributed by atoms with E-state index < -0.39 is 36.6 Å². The molecule has 0 radical (unpaired) electrons. The number of amides is 2. The maximum Gasteiger partial charge on any atom is 0.406 e. The lowest BCUT2D eigenvalue weighted by Gasteiger charge is -2.39. The zero-order valence-corrected chi connectivity index (χ0v) is 12.0. The molecule has 0 aromatic carbocycles. The van der Waals surface area contributed by atoms with E-state index >= 15 is 0 Å². The van der Waals surface area contributed by atoms with E-state index in [-0.39, 0.29) is 12.3 Å². The molecule has 1 heterocycles. The van der Waals surface area contributed by atoms with Crippen molar-refractivity contribution in [3.63, 3.8) is 0 Å². The smallest absolute Gasteiger partial charge is 0.342 e. The molecule has 20 heavy (non-hydrogen) atoms. The van der Waals surface area contributed by atoms with Gasteiger partial charge in [0.1, 0.15) is 18.6 Å². The molecule has 7 heteroatoms. The Morgan fingerprint density at radius 1 is 1.30 bits per heavy atom. The maximum atomic E-state index is 12.6. The van der Waals surface area contributed by atoms with Crippen LogP contribution in [0, 0.1) is 5.92 Å². The molecule has 0 aliphatic carbocycles. The predicted molar refractivity (Wildman–Crippen MR) is 67.8 cm³/mol. The average Bonchev–Trinajstić information content (AvgIpc) is 2.28. The molecule has 1 rings (SSSR count). The first-order valence-electron chi connectivity index (χ1n) is 6.83. The van der Waals surface area contributed by atoms with Gasteiger partial charge in [0.05, 0.1) is 0 Å². The van der Waals surface area contributed by atoms with Gasteiger partial charge in [-0.2, -0.15) is 13.2 Å². The van der Waals surface area contributed by atoms with Crippen LogP contribution in [0.4, 0.5) is 13.2 Å². The first kappa shape index (κ1) is 16.8. The molecule has 0 spiro atoms. The summed E-state index contributed by atoms with van der Waals surface area (Å²) in [6.45, 7) is 4.11. The third-order valence-corrected chi connectivity index (χ3v) is 3.20. The van der Waals surface area contributed by atoms with Gasteiger partial charge in [0, 0.05) is 0 Å². The molecule has 0 saturated carbocycles. The van der Waals surface area contributed by atoms with Crippen molar-refractivity contribution in [3.8, 4) is 0 Å². The van der Waals surface area contributed by atoms with Gasteiger partial charge < -0.3 is 10.2 Å². The molecule has 1 aliphatic rings. The van der Waals surface area contributed by atoms with E-state index in [1.165, 1.54) is 0 Å². The molecule has 1 aliphatic heterocycles. The van der Waals surface area contributed by atoms with Gasteiger partial charge in [0.15, 0.2) is 0 Å². The van der Waals surface area contributed by atoms with E-state index in [9.17, 15) is 22.8 Å². The lowest BCUT2D eigenvalue weighted by atomic mass is 9.97. The normalized spacial score (nSPS) is 24.2. The van der Waals surface area contributed by atoms with E-state index in [1.54, 1.807) is 6.92 Å². The molecule has 1 N–H and O–H groups in total. The summed E-state index contributed by atoms with van der Waals surface area (Å²) >= 11 is 0. The number of hydrogen-bond acceptors (Lipinski definition) is 2. The van der Waals surface area contributed by atoms with Gasteiger partial charge in [-0.3, -0.25) is 9.59 Å². The summed E-state index contributed by atoms with van der Waals surface area (Å²) in [5.41, 5.74) is 0. The van der Waals surface area contributed by atoms with Gasteiger partial charge in [-0.15, -0.1) is 0 Å². The fourth-order valence-electron chi connectivity index (χ4n) is 2.40. The molecular weight excluding hydrogens is 273 g/mol. The van der Waals surface area contributed by atoms with Gasteiger partial charge in [-0.05, 0) is 18.8 Å². The minimum absolute atomic E-state index is 0.111. The van der Waals surface area contributed by atoms with Crippen molar-refractivity contribution >= 4 is 11.8 Å². The number of nitrogens with one attached hydrogen (secondary N) is 1. The zero-order valence-electron chi connectivity index (χ0n) is 12.0. The second-order valence-electron chi connectivity index (χ2n) is 5.58. The van der Waals surface area contributed by atoms with E-state index in [0.29, 0.717) is 17.7 Å². The zero-order chi connectivity index (χ0) is 15.5. The van der Waals surface area contributed by atoms with Crippen LogP contribution >= 0.6 is 0 Å². The van der Waals surface area contributed by atoms with Crippen LogP contribution in [0.25, 0.3) is 0 Å². The summed E-state index contributed by atoms with van der Waals surface area (Å²) in [6, 6.07) is -1.87. The highest BCUT2D eigenvalue weighted by molar-refractivity contribution is 5.97. The van der Waals surface area contributed by atoms with E-state index in [1.807, 2.05) is 13.8 Å². The minimum Gasteiger partial charge on any atom is -0.342 e. The summed E-state index contributed by atoms with van der Waals surface area (Å²) in [7, 11) is 0. The fourth-order valence-corrected chi connectivity index (χ4v) is 2.40. The van der Waals surface area contributed by atoms with Crippen molar-refractivity contribution in [1.29, 1.82) is 0 Å². The van der Waals surface area contributed by atoms with Crippen molar-refractivity contribution in [2.24, 2.45) is 5.92 Å². The molecule has 0 aromatic rings. The number of carbonyl (C=O) groups excluding carboxylic acids is 2. The average molecular weight is 294 g/mol. The van der Waals surface area contributed by atoms with E-state index in [4.69, 9.17) is 0 Å². The predicted octanol–water partition coefficient (Wildman–Crippen LogP) is 2.09. The Balaban J connectivity index is 2.94. The number of rotatable bonds is 5. The second-order valence-corrected chi connectivity index (χ2v) is 5.58. The SMILES string of the molecule is CCCC1C(=O)NC(CC(C)C)C(=O)N1CC(F)(F)F. The highest BCUT2D eigenvalue weighted by Crippen LogP contribution is 2.24. The molecule has 1 fully saturated rings. The van der Waals surface area contributed by atoms with Crippen LogP contribution in [-0.2, 0) is 9.59 Å². The number of halogens is 3. The Morgan fingerprint density at radius 2 is 1.90 bits per heavy atom. The number of carbonyl (C=O) groups is 2. The number of hydrogen-bond donors (Lipinski definition) is 1. The van der Waals surface area contributed by atoms with Crippen LogP contribution < -0.4 is 5.32 Å². The van der Waals surface area contributed by atoms with Gasteiger partial charge in [0.25, 0.3) is 0 Å². The Morgan fingerprint density at radius 3 is 2.35 bits per heavy atom. The third-order valence-electron chi connectivity index (χ3n) is 3.20. The van der Waals surface area contributed by atoms with Crippen LogP contribution in [0.5, 0.6) is 0 Å². The molecule has 2 amide bonds. The van der Waals surface area contributed by atoms with Crippen LogP contribution in [0.15, 0.2) is 0 Å². The largest absolute Gasteiger partial charge is 0.406 e. The van der Waals surface area contributed by atoms with Crippen molar-refractivity contribution in [1.82, 2.24) is 10.2 Å². The molecule has 2 unspecified atom stereocenters. The van der Waals surface area contributed by atoms with Gasteiger partial charge >= 0.3 is 6.18 Å². The third kappa shape index (κ3) is 4.38. The molecule has 0 aromatic heterocycles. The molecule has 4 nitrogen and oxygen atoms in total. The van der Waals surface area contributed by atoms with Crippen LogP contribution in [0.3, 0.4) is 0 Å². The van der Waals surface area contributed by atoms with E-state index in [2.05, 4.69) is 5.32 Å². The summed E-state index contributed by atoms with van der Waals surface area (Å²) in [4.78, 5) is 24.8. The lowest BCUT2D eigenvalue weighted by Crippen LogP contribution is -2.64. The summed E-state index contributed by atoms with van der Waals surface area (Å²) < 4.78 is 37.9. The van der Waals surface area contributed by atoms with Gasteiger partial charge in [-0.25, -0.2) is 0 Å². The first-order valence-corrected chi connectivity index (χ1v) is 6.83. The number of alkyl halides is 3. The molecule has 116 valence electrons. The standard InChI is InChI=1S/C13H21F3N2O2/c1-4-5-10-11(19)17-9(6-8(2)3)12(20)18(10)7-13(14,15)16/h8-10H,4-7H2,1-3H3,(H,17,19). The Hall–Kier alpha value is -1.27. The number of piperazine rings is 1. The summed E-state index contributed by atoms with van der Waals surface area (Å²) in [5, 5.41) is 2.55. The Bertz CT molecular complexity index is 369. The topological polar surface area (TPSA) is 49.4 Å². The first-order chi connectivity index (χ1) is 9.15. The highest BCUT2D eigenvalue weighted by Gasteiger charge is 2.44. The monoisotopic (exact) mass is 294 g/mol. The highest BCUT2D eigenvalue weighted by atomic mass is 19.4. The van der Waals surface area contributed by atoms with Crippen molar-refractivity contribution in [2.45, 2.75) is 58.3 Å². The fraction of sp³-hybridized carbons (Fsp3) is 0.846. The summed E-state index contributed by atoms with van der Waals surface area (Å²) in [5.74, 6) is -1.00. The van der Waals surface area contributed by atoms with Crippen molar-refractivity contribution < 1.29 is 22.8 Å².